The maximum Gasteiger partial charge on any atom is 0.573 e. The van der Waals surface area contributed by atoms with Gasteiger partial charge in [-0.15, -0.1) is 13.2 Å². The minimum absolute atomic E-state index is 0.0139. The van der Waals surface area contributed by atoms with Crippen LogP contribution in [0.4, 0.5) is 13.2 Å². The lowest BCUT2D eigenvalue weighted by atomic mass is 9.80. The second kappa shape index (κ2) is 11.3. The molecule has 1 aliphatic carbocycles. The van der Waals surface area contributed by atoms with Crippen molar-refractivity contribution in [2.24, 2.45) is 11.8 Å². The van der Waals surface area contributed by atoms with E-state index in [1.54, 1.807) is 23.1 Å². The van der Waals surface area contributed by atoms with E-state index in [-0.39, 0.29) is 23.4 Å². The average Bonchev–Trinajstić information content (AvgIpc) is 3.42. The van der Waals surface area contributed by atoms with Crippen molar-refractivity contribution in [1.82, 2.24) is 10.2 Å². The lowest BCUT2D eigenvalue weighted by Gasteiger charge is -2.42. The normalized spacial score (nSPS) is 20.4. The molecule has 2 amide bonds. The third kappa shape index (κ3) is 6.29. The molecule has 2 aromatic rings. The maximum absolute atomic E-state index is 13.4. The third-order valence-corrected chi connectivity index (χ3v) is 7.25. The Morgan fingerprint density at radius 1 is 0.946 bits per heavy atom. The van der Waals surface area contributed by atoms with Crippen LogP contribution in [0.15, 0.2) is 42.5 Å². The van der Waals surface area contributed by atoms with Crippen LogP contribution in [0.2, 0.25) is 0 Å². The van der Waals surface area contributed by atoms with Gasteiger partial charge in [-0.25, -0.2) is 0 Å². The van der Waals surface area contributed by atoms with E-state index < -0.39 is 18.0 Å². The number of benzene rings is 2. The Balaban J connectivity index is 1.51. The summed E-state index contributed by atoms with van der Waals surface area (Å²) >= 11 is 0. The number of nitrogens with zero attached hydrogens (tertiary/aromatic N) is 1. The van der Waals surface area contributed by atoms with E-state index >= 15 is 0 Å². The fourth-order valence-electron chi connectivity index (χ4n) is 5.47. The van der Waals surface area contributed by atoms with Gasteiger partial charge >= 0.3 is 6.36 Å². The Kier molecular flexibility index (Phi) is 8.14. The van der Waals surface area contributed by atoms with Crippen molar-refractivity contribution in [2.75, 3.05) is 27.3 Å². The molecule has 2 fully saturated rings. The van der Waals surface area contributed by atoms with E-state index in [0.717, 1.165) is 31.7 Å². The molecule has 1 N–H and O–H groups in total. The van der Waals surface area contributed by atoms with E-state index in [4.69, 9.17) is 9.47 Å². The fraction of sp³-hybridized carbons (Fsp3) is 0.481. The van der Waals surface area contributed by atoms with Gasteiger partial charge in [-0.2, -0.15) is 0 Å². The van der Waals surface area contributed by atoms with Crippen LogP contribution >= 0.6 is 0 Å². The van der Waals surface area contributed by atoms with E-state index in [2.05, 4.69) is 10.1 Å². The topological polar surface area (TPSA) is 77.1 Å². The number of carbonyl (C=O) groups is 2. The van der Waals surface area contributed by atoms with Crippen molar-refractivity contribution in [1.29, 1.82) is 0 Å². The molecule has 4 rings (SSSR count). The summed E-state index contributed by atoms with van der Waals surface area (Å²) < 4.78 is 53.2. The van der Waals surface area contributed by atoms with Crippen LogP contribution < -0.4 is 19.5 Å². The van der Waals surface area contributed by atoms with Crippen molar-refractivity contribution >= 4 is 11.8 Å². The summed E-state index contributed by atoms with van der Waals surface area (Å²) in [5.41, 5.74) is 0.303. The Bertz CT molecular complexity index is 1120. The highest BCUT2D eigenvalue weighted by molar-refractivity contribution is 5.97. The summed E-state index contributed by atoms with van der Waals surface area (Å²) in [5, 5.41) is 2.96. The summed E-state index contributed by atoms with van der Waals surface area (Å²) in [7, 11) is 3.03. The second-order valence-electron chi connectivity index (χ2n) is 9.44. The largest absolute Gasteiger partial charge is 0.573 e. The number of amides is 2. The molecule has 0 aromatic heterocycles. The standard InChI is InChI=1S/C27H31F3N2O5/c1-35-23-12-11-18(15-24(23)36-2)26(34)32-14-13-21(20(16-32)17-7-3-4-8-17)31-25(33)19-9-5-6-10-22(19)37-27(28,29)30/h5-6,9-12,15,17,20-21H,3-4,7-8,13-14,16H2,1-2H3,(H,31,33)/t20?,21-/m0/s1. The molecule has 1 unspecified atom stereocenters. The summed E-state index contributed by atoms with van der Waals surface area (Å²) in [6, 6.07) is 10.1. The number of carbonyl (C=O) groups excluding carboxylic acids is 2. The van der Waals surface area contributed by atoms with Gasteiger partial charge in [-0.1, -0.05) is 37.8 Å². The molecule has 0 spiro atoms. The molecule has 0 radical (unpaired) electrons. The van der Waals surface area contributed by atoms with Crippen molar-refractivity contribution < 1.29 is 37.0 Å². The second-order valence-corrected chi connectivity index (χ2v) is 9.44. The molecule has 10 heteroatoms. The molecule has 1 saturated carbocycles. The fourth-order valence-corrected chi connectivity index (χ4v) is 5.47. The van der Waals surface area contributed by atoms with Gasteiger partial charge in [0, 0.05) is 24.7 Å². The van der Waals surface area contributed by atoms with Crippen molar-refractivity contribution in [3.63, 3.8) is 0 Å². The van der Waals surface area contributed by atoms with E-state index in [9.17, 15) is 22.8 Å². The van der Waals surface area contributed by atoms with Crippen LogP contribution in [-0.4, -0.2) is 56.4 Å². The van der Waals surface area contributed by atoms with E-state index in [0.29, 0.717) is 42.5 Å². The Labute approximate surface area is 213 Å². The van der Waals surface area contributed by atoms with Gasteiger partial charge in [0.1, 0.15) is 5.75 Å². The zero-order valence-corrected chi connectivity index (χ0v) is 20.8. The van der Waals surface area contributed by atoms with Crippen molar-refractivity contribution in [3.8, 4) is 17.2 Å². The number of likely N-dealkylation sites (tertiary alicyclic amines) is 1. The van der Waals surface area contributed by atoms with Gasteiger partial charge in [0.05, 0.1) is 19.8 Å². The minimum atomic E-state index is -4.90. The summed E-state index contributed by atoms with van der Waals surface area (Å²) in [6.07, 6.45) is -0.277. The zero-order valence-electron chi connectivity index (χ0n) is 20.8. The number of nitrogens with one attached hydrogen (secondary N) is 1. The summed E-state index contributed by atoms with van der Waals surface area (Å²) in [4.78, 5) is 28.2. The summed E-state index contributed by atoms with van der Waals surface area (Å²) in [5.74, 6) is -0.00854. The van der Waals surface area contributed by atoms with Crippen LogP contribution in [-0.2, 0) is 0 Å². The highest BCUT2D eigenvalue weighted by atomic mass is 19.4. The first-order valence-electron chi connectivity index (χ1n) is 12.4. The maximum atomic E-state index is 13.4. The number of piperidine rings is 1. The molecule has 0 bridgehead atoms. The quantitative estimate of drug-likeness (QED) is 0.553. The van der Waals surface area contributed by atoms with Crippen molar-refractivity contribution in [2.45, 2.75) is 44.5 Å². The molecular formula is C27H31F3N2O5. The molecule has 2 aromatic carbocycles. The van der Waals surface area contributed by atoms with E-state index in [1.807, 2.05) is 0 Å². The predicted molar refractivity (Wildman–Crippen MR) is 130 cm³/mol. The van der Waals surface area contributed by atoms with Crippen molar-refractivity contribution in [3.05, 3.63) is 53.6 Å². The SMILES string of the molecule is COc1ccc(C(=O)N2CC[C@H](NC(=O)c3ccccc3OC(F)(F)F)C(C3CCCC3)C2)cc1OC. The monoisotopic (exact) mass is 520 g/mol. The molecule has 1 heterocycles. The number of alkyl halides is 3. The van der Waals surface area contributed by atoms with Crippen LogP contribution in [0.3, 0.4) is 0 Å². The first-order valence-corrected chi connectivity index (χ1v) is 12.4. The minimum Gasteiger partial charge on any atom is -0.493 e. The molecule has 1 aliphatic heterocycles. The lowest BCUT2D eigenvalue weighted by molar-refractivity contribution is -0.274. The Hall–Kier alpha value is -3.43. The van der Waals surface area contributed by atoms with Gasteiger partial charge in [0.15, 0.2) is 11.5 Å². The molecule has 1 saturated heterocycles. The third-order valence-electron chi connectivity index (χ3n) is 7.25. The number of hydrogen-bond donors (Lipinski definition) is 1. The molecular weight excluding hydrogens is 489 g/mol. The van der Waals surface area contributed by atoms with Gasteiger partial charge < -0.3 is 24.4 Å². The van der Waals surface area contributed by atoms with Crippen LogP contribution in [0, 0.1) is 11.8 Å². The number of halogens is 3. The van der Waals surface area contributed by atoms with Crippen LogP contribution in [0.1, 0.15) is 52.8 Å². The number of rotatable bonds is 7. The highest BCUT2D eigenvalue weighted by Gasteiger charge is 2.39. The molecule has 7 nitrogen and oxygen atoms in total. The first kappa shape index (κ1) is 26.6. The van der Waals surface area contributed by atoms with Crippen LogP contribution in [0.5, 0.6) is 17.2 Å². The number of ether oxygens (including phenoxy) is 3. The highest BCUT2D eigenvalue weighted by Crippen LogP contribution is 2.37. The van der Waals surface area contributed by atoms with Gasteiger partial charge in [-0.05, 0) is 48.6 Å². The Morgan fingerprint density at radius 3 is 2.32 bits per heavy atom. The van der Waals surface area contributed by atoms with Crippen LogP contribution in [0.25, 0.3) is 0 Å². The number of para-hydroxylation sites is 1. The number of methoxy groups -OCH3 is 2. The average molecular weight is 521 g/mol. The molecule has 2 atom stereocenters. The smallest absolute Gasteiger partial charge is 0.493 e. The first-order chi connectivity index (χ1) is 17.7. The Morgan fingerprint density at radius 2 is 1.65 bits per heavy atom. The summed E-state index contributed by atoms with van der Waals surface area (Å²) in [6.45, 7) is 0.853. The molecule has 200 valence electrons. The predicted octanol–water partition coefficient (Wildman–Crippen LogP) is 5.05. The van der Waals surface area contributed by atoms with Gasteiger partial charge in [0.2, 0.25) is 0 Å². The lowest BCUT2D eigenvalue weighted by Crippen LogP contribution is -2.54. The zero-order chi connectivity index (χ0) is 26.6. The van der Waals surface area contributed by atoms with E-state index in [1.165, 1.54) is 32.4 Å². The molecule has 2 aliphatic rings. The number of hydrogen-bond acceptors (Lipinski definition) is 5. The molecule has 37 heavy (non-hydrogen) atoms. The van der Waals surface area contributed by atoms with Gasteiger partial charge in [0.25, 0.3) is 11.8 Å². The van der Waals surface area contributed by atoms with Gasteiger partial charge in [-0.3, -0.25) is 9.59 Å².